The Balaban J connectivity index is 1.72. The van der Waals surface area contributed by atoms with Crippen LogP contribution in [0.3, 0.4) is 0 Å². The van der Waals surface area contributed by atoms with Gasteiger partial charge < -0.3 is 9.64 Å². The van der Waals surface area contributed by atoms with E-state index in [4.69, 9.17) is 16.3 Å². The topological polar surface area (TPSA) is 29.5 Å². The number of halogens is 1. The highest BCUT2D eigenvalue weighted by Crippen LogP contribution is 2.42. The molecule has 0 aromatic heterocycles. The van der Waals surface area contributed by atoms with E-state index in [1.165, 1.54) is 6.42 Å². The van der Waals surface area contributed by atoms with Crippen LogP contribution < -0.4 is 0 Å². The van der Waals surface area contributed by atoms with Crippen molar-refractivity contribution in [1.29, 1.82) is 0 Å². The number of hydrogen-bond donors (Lipinski definition) is 0. The molecule has 1 saturated heterocycles. The predicted octanol–water partition coefficient (Wildman–Crippen LogP) is 3.79. The lowest BCUT2D eigenvalue weighted by Gasteiger charge is -2.29. The van der Waals surface area contributed by atoms with Gasteiger partial charge in [-0.05, 0) is 57.0 Å². The Labute approximate surface area is 137 Å². The third-order valence-electron chi connectivity index (χ3n) is 5.32. The van der Waals surface area contributed by atoms with Crippen LogP contribution in [0.4, 0.5) is 0 Å². The van der Waals surface area contributed by atoms with Crippen molar-refractivity contribution in [2.75, 3.05) is 20.2 Å². The van der Waals surface area contributed by atoms with Crippen molar-refractivity contribution in [3.8, 4) is 0 Å². The third-order valence-corrected chi connectivity index (χ3v) is 5.57. The molecule has 0 bridgehead atoms. The summed E-state index contributed by atoms with van der Waals surface area (Å²) in [4.78, 5) is 15.1. The summed E-state index contributed by atoms with van der Waals surface area (Å²) < 4.78 is 5.75. The van der Waals surface area contributed by atoms with Crippen molar-refractivity contribution in [3.63, 3.8) is 0 Å². The van der Waals surface area contributed by atoms with E-state index in [1.54, 1.807) is 0 Å². The minimum atomic E-state index is -0.457. The van der Waals surface area contributed by atoms with Gasteiger partial charge in [0.15, 0.2) is 0 Å². The van der Waals surface area contributed by atoms with Gasteiger partial charge in [0, 0.05) is 11.1 Å². The molecule has 0 unspecified atom stereocenters. The van der Waals surface area contributed by atoms with Crippen LogP contribution >= 0.6 is 11.6 Å². The first kappa shape index (κ1) is 15.8. The molecule has 3 nitrogen and oxygen atoms in total. The van der Waals surface area contributed by atoms with Crippen LogP contribution in [-0.2, 0) is 14.9 Å². The molecule has 1 aliphatic heterocycles. The Kier molecular flexibility index (Phi) is 4.74. The van der Waals surface area contributed by atoms with Crippen LogP contribution in [0.25, 0.3) is 0 Å². The summed E-state index contributed by atoms with van der Waals surface area (Å²) in [6.45, 7) is 1.62. The molecule has 1 aromatic carbocycles. The zero-order valence-electron chi connectivity index (χ0n) is 13.2. The number of likely N-dealkylation sites (N-methyl/N-ethyl adjacent to an activating group) is 1. The highest BCUT2D eigenvalue weighted by atomic mass is 35.5. The maximum atomic E-state index is 12.8. The van der Waals surface area contributed by atoms with Gasteiger partial charge in [-0.3, -0.25) is 4.79 Å². The molecule has 120 valence electrons. The lowest BCUT2D eigenvalue weighted by atomic mass is 9.79. The fourth-order valence-corrected chi connectivity index (χ4v) is 3.98. The summed E-state index contributed by atoms with van der Waals surface area (Å²) >= 11 is 5.98. The van der Waals surface area contributed by atoms with Gasteiger partial charge in [-0.25, -0.2) is 0 Å². The molecule has 0 amide bonds. The maximum absolute atomic E-state index is 12.8. The quantitative estimate of drug-likeness (QED) is 0.790. The number of ether oxygens (including phenoxy) is 1. The lowest BCUT2D eigenvalue weighted by molar-refractivity contribution is -0.152. The number of carbonyl (C=O) groups is 1. The third kappa shape index (κ3) is 3.02. The zero-order valence-corrected chi connectivity index (χ0v) is 13.9. The molecular weight excluding hydrogens is 298 g/mol. The van der Waals surface area contributed by atoms with Gasteiger partial charge in [-0.1, -0.05) is 36.6 Å². The first-order chi connectivity index (χ1) is 10.6. The Bertz CT molecular complexity index is 522. The number of likely N-dealkylation sites (tertiary alicyclic amines) is 1. The molecule has 2 fully saturated rings. The molecule has 1 saturated carbocycles. The van der Waals surface area contributed by atoms with Crippen LogP contribution in [0.5, 0.6) is 0 Å². The van der Waals surface area contributed by atoms with Gasteiger partial charge >= 0.3 is 5.97 Å². The Morgan fingerprint density at radius 1 is 1.27 bits per heavy atom. The van der Waals surface area contributed by atoms with E-state index in [1.807, 2.05) is 24.3 Å². The molecule has 1 aromatic rings. The van der Waals surface area contributed by atoms with E-state index in [-0.39, 0.29) is 5.97 Å². The van der Waals surface area contributed by atoms with E-state index in [2.05, 4.69) is 11.9 Å². The molecule has 22 heavy (non-hydrogen) atoms. The first-order valence-electron chi connectivity index (χ1n) is 8.25. The Morgan fingerprint density at radius 3 is 2.55 bits per heavy atom. The number of nitrogens with zero attached hydrogens (tertiary/aromatic N) is 1. The summed E-state index contributed by atoms with van der Waals surface area (Å²) in [5.41, 5.74) is 0.598. The lowest BCUT2D eigenvalue weighted by Crippen LogP contribution is -2.38. The first-order valence-corrected chi connectivity index (χ1v) is 8.63. The van der Waals surface area contributed by atoms with Crippen molar-refractivity contribution in [1.82, 2.24) is 4.90 Å². The number of esters is 1. The number of hydrogen-bond acceptors (Lipinski definition) is 3. The zero-order chi connectivity index (χ0) is 15.6. The monoisotopic (exact) mass is 321 g/mol. The molecule has 1 aliphatic carbocycles. The fourth-order valence-electron chi connectivity index (χ4n) is 3.86. The normalized spacial score (nSPS) is 24.5. The minimum absolute atomic E-state index is 0.0485. The standard InChI is InChI=1S/C18H24ClNO2/c1-20-12-4-5-16(20)13-22-17(21)18(10-2-3-11-18)14-6-8-15(19)9-7-14/h6-9,16H,2-5,10-13H2,1H3/t16-/m0/s1. The molecular formula is C18H24ClNO2. The number of rotatable bonds is 4. The van der Waals surface area contributed by atoms with Crippen molar-refractivity contribution < 1.29 is 9.53 Å². The number of carbonyl (C=O) groups excluding carboxylic acids is 1. The molecule has 1 heterocycles. The minimum Gasteiger partial charge on any atom is -0.463 e. The highest BCUT2D eigenvalue weighted by Gasteiger charge is 2.44. The van der Waals surface area contributed by atoms with E-state index < -0.39 is 5.41 Å². The average Bonchev–Trinajstić information content (AvgIpc) is 3.15. The second-order valence-electron chi connectivity index (χ2n) is 6.67. The molecule has 0 radical (unpaired) electrons. The SMILES string of the molecule is CN1CCC[C@H]1COC(=O)C1(c2ccc(Cl)cc2)CCCC1. The van der Waals surface area contributed by atoms with E-state index in [9.17, 15) is 4.79 Å². The molecule has 0 spiro atoms. The molecule has 2 aliphatic rings. The van der Waals surface area contributed by atoms with E-state index in [0.29, 0.717) is 17.7 Å². The molecule has 0 N–H and O–H groups in total. The summed E-state index contributed by atoms with van der Waals surface area (Å²) in [5, 5.41) is 0.706. The summed E-state index contributed by atoms with van der Waals surface area (Å²) in [6.07, 6.45) is 6.25. The summed E-state index contributed by atoms with van der Waals surface area (Å²) in [5.74, 6) is -0.0485. The van der Waals surface area contributed by atoms with Gasteiger partial charge in [-0.15, -0.1) is 0 Å². The van der Waals surface area contributed by atoms with E-state index in [0.717, 1.165) is 44.2 Å². The van der Waals surface area contributed by atoms with Gasteiger partial charge in [0.25, 0.3) is 0 Å². The largest absolute Gasteiger partial charge is 0.463 e. The summed E-state index contributed by atoms with van der Waals surface area (Å²) in [6, 6.07) is 8.09. The fraction of sp³-hybridized carbons (Fsp3) is 0.611. The van der Waals surface area contributed by atoms with Gasteiger partial charge in [0.1, 0.15) is 6.61 Å². The van der Waals surface area contributed by atoms with Crippen LogP contribution in [-0.4, -0.2) is 37.1 Å². The van der Waals surface area contributed by atoms with Gasteiger partial charge in [0.05, 0.1) is 5.41 Å². The molecule has 4 heteroatoms. The highest BCUT2D eigenvalue weighted by molar-refractivity contribution is 6.30. The Hall–Kier alpha value is -1.06. The predicted molar refractivity (Wildman–Crippen MR) is 88.2 cm³/mol. The van der Waals surface area contributed by atoms with Crippen molar-refractivity contribution in [2.24, 2.45) is 0 Å². The molecule has 3 rings (SSSR count). The van der Waals surface area contributed by atoms with E-state index >= 15 is 0 Å². The van der Waals surface area contributed by atoms with Crippen LogP contribution in [0.15, 0.2) is 24.3 Å². The van der Waals surface area contributed by atoms with Gasteiger partial charge in [-0.2, -0.15) is 0 Å². The Morgan fingerprint density at radius 2 is 1.95 bits per heavy atom. The molecule has 1 atom stereocenters. The number of benzene rings is 1. The van der Waals surface area contributed by atoms with Crippen molar-refractivity contribution in [2.45, 2.75) is 50.0 Å². The second kappa shape index (κ2) is 6.59. The van der Waals surface area contributed by atoms with Crippen molar-refractivity contribution in [3.05, 3.63) is 34.9 Å². The van der Waals surface area contributed by atoms with Gasteiger partial charge in [0.2, 0.25) is 0 Å². The second-order valence-corrected chi connectivity index (χ2v) is 7.11. The smallest absolute Gasteiger partial charge is 0.316 e. The van der Waals surface area contributed by atoms with Crippen molar-refractivity contribution >= 4 is 17.6 Å². The maximum Gasteiger partial charge on any atom is 0.316 e. The summed E-state index contributed by atoms with van der Waals surface area (Å²) in [7, 11) is 2.11. The van der Waals surface area contributed by atoms with Crippen LogP contribution in [0.2, 0.25) is 5.02 Å². The van der Waals surface area contributed by atoms with Crippen LogP contribution in [0, 0.1) is 0 Å². The van der Waals surface area contributed by atoms with Crippen LogP contribution in [0.1, 0.15) is 44.1 Å². The average molecular weight is 322 g/mol.